The molecule has 0 saturated carbocycles. The monoisotopic (exact) mass is 453 g/mol. The van der Waals surface area contributed by atoms with E-state index in [0.29, 0.717) is 5.69 Å². The average Bonchev–Trinajstić information content (AvgIpc) is 3.36. The van der Waals surface area contributed by atoms with Gasteiger partial charge in [0, 0.05) is 16.7 Å². The molecule has 2 aromatic carbocycles. The van der Waals surface area contributed by atoms with E-state index in [1.54, 1.807) is 35.2 Å². The van der Waals surface area contributed by atoms with Crippen LogP contribution in [0.4, 0.5) is 11.4 Å². The van der Waals surface area contributed by atoms with Crippen molar-refractivity contribution in [3.05, 3.63) is 86.1 Å². The molecule has 0 spiro atoms. The number of hydrogen-bond acceptors (Lipinski definition) is 7. The van der Waals surface area contributed by atoms with Gasteiger partial charge in [0.05, 0.1) is 16.2 Å². The highest BCUT2D eigenvalue weighted by Gasteiger charge is 2.41. The van der Waals surface area contributed by atoms with Crippen LogP contribution < -0.4 is 5.32 Å². The number of nitrogens with one attached hydrogen (secondary N) is 1. The molecule has 1 aromatic heterocycles. The molecule has 2 heterocycles. The Balaban J connectivity index is 1.47. The SMILES string of the molecule is O=C(CN1C(=O)c2cccc([N+](=O)[O-])c2C1=O)Nc1ccccc1SCc1ccsc1. The highest BCUT2D eigenvalue weighted by molar-refractivity contribution is 7.98. The topological polar surface area (TPSA) is 110 Å². The van der Waals surface area contributed by atoms with Gasteiger partial charge >= 0.3 is 0 Å². The number of fused-ring (bicyclic) bond motifs is 1. The zero-order chi connectivity index (χ0) is 22.0. The summed E-state index contributed by atoms with van der Waals surface area (Å²) in [6.07, 6.45) is 0. The third-order valence-electron chi connectivity index (χ3n) is 4.61. The quantitative estimate of drug-likeness (QED) is 0.249. The molecule has 8 nitrogen and oxygen atoms in total. The van der Waals surface area contributed by atoms with Crippen LogP contribution in [0.25, 0.3) is 0 Å². The molecule has 10 heteroatoms. The lowest BCUT2D eigenvalue weighted by atomic mass is 10.1. The predicted octanol–water partition coefficient (Wildman–Crippen LogP) is 4.18. The number of benzene rings is 2. The molecule has 3 amide bonds. The molecule has 0 fully saturated rings. The van der Waals surface area contributed by atoms with E-state index in [0.717, 1.165) is 21.6 Å². The first-order valence-electron chi connectivity index (χ1n) is 9.12. The van der Waals surface area contributed by atoms with E-state index in [1.165, 1.54) is 17.7 Å². The van der Waals surface area contributed by atoms with Gasteiger partial charge in [-0.25, -0.2) is 0 Å². The van der Waals surface area contributed by atoms with Crippen LogP contribution in [0.15, 0.2) is 64.2 Å². The molecule has 156 valence electrons. The maximum absolute atomic E-state index is 12.6. The number of thiophene rings is 1. The molecule has 3 aromatic rings. The molecule has 1 aliphatic heterocycles. The van der Waals surface area contributed by atoms with Crippen LogP contribution in [0.1, 0.15) is 26.3 Å². The van der Waals surface area contributed by atoms with Crippen LogP contribution in [0.2, 0.25) is 0 Å². The number of nitrogens with zero attached hydrogens (tertiary/aromatic N) is 2. The van der Waals surface area contributed by atoms with Crippen LogP contribution >= 0.6 is 23.1 Å². The maximum atomic E-state index is 12.6. The highest BCUT2D eigenvalue weighted by Crippen LogP contribution is 2.32. The Morgan fingerprint density at radius 3 is 2.65 bits per heavy atom. The van der Waals surface area contributed by atoms with Crippen LogP contribution in [-0.2, 0) is 10.5 Å². The summed E-state index contributed by atoms with van der Waals surface area (Å²) >= 11 is 3.17. The summed E-state index contributed by atoms with van der Waals surface area (Å²) in [6.45, 7) is -0.535. The first-order chi connectivity index (χ1) is 15.0. The van der Waals surface area contributed by atoms with E-state index in [4.69, 9.17) is 0 Å². The van der Waals surface area contributed by atoms with Gasteiger partial charge in [-0.2, -0.15) is 11.3 Å². The summed E-state index contributed by atoms with van der Waals surface area (Å²) in [5.74, 6) is -1.40. The third-order valence-corrected chi connectivity index (χ3v) is 6.49. The highest BCUT2D eigenvalue weighted by atomic mass is 32.2. The standard InChI is InChI=1S/C21H15N3O5S2/c25-18(22-15-5-1-2-7-17(15)31-12-13-8-9-30-11-13)10-23-20(26)14-4-3-6-16(24(28)29)19(14)21(23)27/h1-9,11H,10,12H2,(H,22,25). The van der Waals surface area contributed by atoms with Crippen molar-refractivity contribution in [1.29, 1.82) is 0 Å². The Bertz CT molecular complexity index is 1190. The Morgan fingerprint density at radius 2 is 1.90 bits per heavy atom. The molecule has 1 N–H and O–H groups in total. The van der Waals surface area contributed by atoms with Gasteiger partial charge in [-0.3, -0.25) is 29.4 Å². The van der Waals surface area contributed by atoms with E-state index < -0.39 is 34.9 Å². The van der Waals surface area contributed by atoms with E-state index in [9.17, 15) is 24.5 Å². The lowest BCUT2D eigenvalue weighted by molar-refractivity contribution is -0.385. The second-order valence-corrected chi connectivity index (χ2v) is 8.42. The van der Waals surface area contributed by atoms with Crippen LogP contribution in [0, 0.1) is 10.1 Å². The number of thioether (sulfide) groups is 1. The van der Waals surface area contributed by atoms with Crippen molar-refractivity contribution >= 4 is 52.2 Å². The summed E-state index contributed by atoms with van der Waals surface area (Å²) < 4.78 is 0. The number of imide groups is 1. The van der Waals surface area contributed by atoms with E-state index in [2.05, 4.69) is 10.7 Å². The van der Waals surface area contributed by atoms with Gasteiger partial charge in [-0.05, 0) is 40.6 Å². The second kappa shape index (κ2) is 8.70. The van der Waals surface area contributed by atoms with E-state index >= 15 is 0 Å². The molecule has 0 atom stereocenters. The van der Waals surface area contributed by atoms with Gasteiger partial charge in [-0.15, -0.1) is 11.8 Å². The zero-order valence-electron chi connectivity index (χ0n) is 15.9. The first-order valence-corrected chi connectivity index (χ1v) is 11.0. The molecule has 0 radical (unpaired) electrons. The van der Waals surface area contributed by atoms with Crippen LogP contribution in [0.5, 0.6) is 0 Å². The van der Waals surface area contributed by atoms with Crippen molar-refractivity contribution in [1.82, 2.24) is 4.90 Å². The number of rotatable bonds is 7. The fourth-order valence-electron chi connectivity index (χ4n) is 3.18. The van der Waals surface area contributed by atoms with Gasteiger partial charge < -0.3 is 5.32 Å². The molecule has 0 saturated heterocycles. The van der Waals surface area contributed by atoms with Crippen molar-refractivity contribution in [2.75, 3.05) is 11.9 Å². The molecule has 4 rings (SSSR count). The smallest absolute Gasteiger partial charge is 0.282 e. The van der Waals surface area contributed by atoms with Crippen LogP contribution in [-0.4, -0.2) is 34.1 Å². The fraction of sp³-hybridized carbons (Fsp3) is 0.0952. The summed E-state index contributed by atoms with van der Waals surface area (Å²) in [5, 5.41) is 18.0. The number of hydrogen-bond donors (Lipinski definition) is 1. The Hall–Kier alpha value is -3.50. The number of amides is 3. The van der Waals surface area contributed by atoms with Crippen molar-refractivity contribution in [3.8, 4) is 0 Å². The van der Waals surface area contributed by atoms with Gasteiger partial charge in [0.25, 0.3) is 17.5 Å². The Labute approximate surface area is 185 Å². The second-order valence-electron chi connectivity index (χ2n) is 6.62. The number of nitro benzene ring substituents is 1. The average molecular weight is 454 g/mol. The van der Waals surface area contributed by atoms with Crippen molar-refractivity contribution < 1.29 is 19.3 Å². The van der Waals surface area contributed by atoms with Crippen molar-refractivity contribution in [2.24, 2.45) is 0 Å². The van der Waals surface area contributed by atoms with Crippen molar-refractivity contribution in [3.63, 3.8) is 0 Å². The molecule has 0 unspecified atom stereocenters. The molecule has 0 bridgehead atoms. The lowest BCUT2D eigenvalue weighted by Crippen LogP contribution is -2.37. The van der Waals surface area contributed by atoms with Gasteiger partial charge in [-0.1, -0.05) is 18.2 Å². The van der Waals surface area contributed by atoms with Crippen LogP contribution in [0.3, 0.4) is 0 Å². The predicted molar refractivity (Wildman–Crippen MR) is 117 cm³/mol. The van der Waals surface area contributed by atoms with E-state index in [-0.39, 0.29) is 11.1 Å². The largest absolute Gasteiger partial charge is 0.324 e. The van der Waals surface area contributed by atoms with E-state index in [1.807, 2.05) is 23.6 Å². The maximum Gasteiger partial charge on any atom is 0.282 e. The van der Waals surface area contributed by atoms with Gasteiger partial charge in [0.2, 0.25) is 5.91 Å². The molecule has 1 aliphatic rings. The normalized spacial score (nSPS) is 12.7. The molecule has 31 heavy (non-hydrogen) atoms. The minimum absolute atomic E-state index is 0.0706. The summed E-state index contributed by atoms with van der Waals surface area (Å²) in [7, 11) is 0. The number of nitro groups is 1. The molecular formula is C21H15N3O5S2. The summed E-state index contributed by atoms with van der Waals surface area (Å²) in [4.78, 5) is 49.9. The minimum Gasteiger partial charge on any atom is -0.324 e. The third kappa shape index (κ3) is 4.21. The zero-order valence-corrected chi connectivity index (χ0v) is 17.6. The van der Waals surface area contributed by atoms with Crippen molar-refractivity contribution in [2.45, 2.75) is 10.6 Å². The fourth-order valence-corrected chi connectivity index (χ4v) is 4.90. The number of carbonyl (C=O) groups excluding carboxylic acids is 3. The summed E-state index contributed by atoms with van der Waals surface area (Å²) in [5.41, 5.74) is 0.934. The van der Waals surface area contributed by atoms with Gasteiger partial charge in [0.15, 0.2) is 0 Å². The minimum atomic E-state index is -0.845. The van der Waals surface area contributed by atoms with Gasteiger partial charge in [0.1, 0.15) is 12.1 Å². The molecular weight excluding hydrogens is 438 g/mol. The Kier molecular flexibility index (Phi) is 5.83. The molecule has 0 aliphatic carbocycles. The first kappa shape index (κ1) is 20.8. The number of para-hydroxylation sites is 1. The number of carbonyl (C=O) groups is 3. The summed E-state index contributed by atoms with van der Waals surface area (Å²) in [6, 6.07) is 13.1. The lowest BCUT2D eigenvalue weighted by Gasteiger charge is -2.15. The Morgan fingerprint density at radius 1 is 1.10 bits per heavy atom. The number of anilines is 1.